The maximum atomic E-state index is 13.6. The minimum absolute atomic E-state index is 0.0415. The Bertz CT molecular complexity index is 1140. The van der Waals surface area contributed by atoms with E-state index in [-0.39, 0.29) is 16.8 Å². The fraction of sp³-hybridized carbons (Fsp3) is 0.320. The summed E-state index contributed by atoms with van der Waals surface area (Å²) < 4.78 is 27.5. The Morgan fingerprint density at radius 2 is 1.78 bits per heavy atom. The molecule has 1 fully saturated rings. The van der Waals surface area contributed by atoms with Crippen molar-refractivity contribution in [3.63, 3.8) is 0 Å². The minimum Gasteiger partial charge on any atom is -0.331 e. The smallest absolute Gasteiger partial charge is 0.254 e. The van der Waals surface area contributed by atoms with Gasteiger partial charge in [0.05, 0.1) is 4.90 Å². The lowest BCUT2D eigenvalue weighted by Crippen LogP contribution is -2.39. The van der Waals surface area contributed by atoms with Gasteiger partial charge >= 0.3 is 0 Å². The quantitative estimate of drug-likeness (QED) is 0.477. The van der Waals surface area contributed by atoms with E-state index < -0.39 is 10.0 Å². The molecule has 0 saturated carbocycles. The molecule has 4 rings (SSSR count). The Morgan fingerprint density at radius 1 is 1.03 bits per heavy atom. The largest absolute Gasteiger partial charge is 0.331 e. The minimum atomic E-state index is -3.58. The third kappa shape index (κ3) is 5.11. The highest BCUT2D eigenvalue weighted by atomic mass is 32.2. The summed E-state index contributed by atoms with van der Waals surface area (Å²) in [6.07, 6.45) is 2.51. The molecule has 0 spiro atoms. The Balaban J connectivity index is 1.62. The molecule has 0 radical (unpaired) electrons. The number of benzene rings is 2. The molecule has 5 nitrogen and oxygen atoms in total. The van der Waals surface area contributed by atoms with Crippen molar-refractivity contribution in [1.82, 2.24) is 9.21 Å². The first kappa shape index (κ1) is 22.7. The molecule has 0 unspecified atom stereocenters. The normalized spacial score (nSPS) is 15.5. The van der Waals surface area contributed by atoms with E-state index in [1.807, 2.05) is 53.6 Å². The molecule has 0 N–H and O–H groups in total. The third-order valence-corrected chi connectivity index (χ3v) is 8.64. The molecule has 1 aromatic heterocycles. The Morgan fingerprint density at radius 3 is 2.47 bits per heavy atom. The summed E-state index contributed by atoms with van der Waals surface area (Å²) in [4.78, 5) is 16.9. The van der Waals surface area contributed by atoms with Crippen molar-refractivity contribution in [2.75, 3.05) is 13.1 Å². The van der Waals surface area contributed by atoms with Gasteiger partial charge in [-0.15, -0.1) is 11.3 Å². The fourth-order valence-electron chi connectivity index (χ4n) is 4.07. The number of carbonyl (C=O) groups excluding carboxylic acids is 1. The zero-order chi connectivity index (χ0) is 22.6. The Hall–Kier alpha value is -2.48. The SMILES string of the molecule is C[C@H](Cc1cccs1)N(Cc1ccccc1)C(=O)c1cccc(S(=O)(=O)N2CCCC2)c1. The first-order valence-electron chi connectivity index (χ1n) is 10.9. The number of rotatable bonds is 8. The molecule has 2 aromatic carbocycles. The zero-order valence-electron chi connectivity index (χ0n) is 18.2. The number of amides is 1. The topological polar surface area (TPSA) is 57.7 Å². The van der Waals surface area contributed by atoms with Gasteiger partial charge in [0.1, 0.15) is 0 Å². The van der Waals surface area contributed by atoms with Crippen molar-refractivity contribution in [2.24, 2.45) is 0 Å². The molecule has 7 heteroatoms. The van der Waals surface area contributed by atoms with Crippen molar-refractivity contribution in [3.05, 3.63) is 88.1 Å². The molecule has 32 heavy (non-hydrogen) atoms. The lowest BCUT2D eigenvalue weighted by molar-refractivity contribution is 0.0675. The molecular formula is C25H28N2O3S2. The second kappa shape index (κ2) is 9.98. The third-order valence-electron chi connectivity index (χ3n) is 5.85. The zero-order valence-corrected chi connectivity index (χ0v) is 19.8. The molecular weight excluding hydrogens is 440 g/mol. The van der Waals surface area contributed by atoms with E-state index in [0.29, 0.717) is 25.2 Å². The van der Waals surface area contributed by atoms with E-state index in [4.69, 9.17) is 0 Å². The second-order valence-corrected chi connectivity index (χ2v) is 11.2. The summed E-state index contributed by atoms with van der Waals surface area (Å²) in [6.45, 7) is 3.59. The van der Waals surface area contributed by atoms with Crippen LogP contribution < -0.4 is 0 Å². The molecule has 1 saturated heterocycles. The highest BCUT2D eigenvalue weighted by Gasteiger charge is 2.29. The Labute approximate surface area is 194 Å². The van der Waals surface area contributed by atoms with Crippen LogP contribution in [-0.2, 0) is 23.0 Å². The van der Waals surface area contributed by atoms with Crippen molar-refractivity contribution in [2.45, 2.75) is 43.7 Å². The second-order valence-electron chi connectivity index (χ2n) is 8.19. The Kier molecular flexibility index (Phi) is 7.08. The monoisotopic (exact) mass is 468 g/mol. The average molecular weight is 469 g/mol. The molecule has 168 valence electrons. The van der Waals surface area contributed by atoms with Gasteiger partial charge in [0.25, 0.3) is 5.91 Å². The van der Waals surface area contributed by atoms with Gasteiger partial charge in [0.2, 0.25) is 10.0 Å². The van der Waals surface area contributed by atoms with Crippen molar-refractivity contribution in [3.8, 4) is 0 Å². The van der Waals surface area contributed by atoms with Gasteiger partial charge in [-0.25, -0.2) is 8.42 Å². The number of nitrogens with zero attached hydrogens (tertiary/aromatic N) is 2. The van der Waals surface area contributed by atoms with E-state index in [9.17, 15) is 13.2 Å². The van der Waals surface area contributed by atoms with E-state index in [1.54, 1.807) is 29.5 Å². The fourth-order valence-corrected chi connectivity index (χ4v) is 6.46. The number of hydrogen-bond donors (Lipinski definition) is 0. The summed E-state index contributed by atoms with van der Waals surface area (Å²) in [5.41, 5.74) is 1.44. The van der Waals surface area contributed by atoms with Crippen LogP contribution in [0.4, 0.5) is 0 Å². The lowest BCUT2D eigenvalue weighted by Gasteiger charge is -2.30. The van der Waals surface area contributed by atoms with Crippen LogP contribution in [0.25, 0.3) is 0 Å². The molecule has 3 aromatic rings. The summed E-state index contributed by atoms with van der Waals surface area (Å²) in [7, 11) is -3.58. The number of carbonyl (C=O) groups is 1. The number of hydrogen-bond acceptors (Lipinski definition) is 4. The van der Waals surface area contributed by atoms with Crippen LogP contribution in [-0.4, -0.2) is 42.7 Å². The predicted octanol–water partition coefficient (Wildman–Crippen LogP) is 4.81. The molecule has 1 aliphatic rings. The van der Waals surface area contributed by atoms with Crippen molar-refractivity contribution < 1.29 is 13.2 Å². The van der Waals surface area contributed by atoms with Gasteiger partial charge in [-0.05, 0) is 55.0 Å². The maximum Gasteiger partial charge on any atom is 0.254 e. The molecule has 0 aliphatic carbocycles. The van der Waals surface area contributed by atoms with Gasteiger partial charge in [0.15, 0.2) is 0 Å². The number of sulfonamides is 1. The summed E-state index contributed by atoms with van der Waals surface area (Å²) in [6, 6.07) is 20.4. The molecule has 1 atom stereocenters. The van der Waals surface area contributed by atoms with Crippen LogP contribution >= 0.6 is 11.3 Å². The molecule has 1 aliphatic heterocycles. The van der Waals surface area contributed by atoms with Crippen LogP contribution in [0.15, 0.2) is 77.0 Å². The van der Waals surface area contributed by atoms with Crippen LogP contribution in [0, 0.1) is 0 Å². The lowest BCUT2D eigenvalue weighted by atomic mass is 10.1. The maximum absolute atomic E-state index is 13.6. The average Bonchev–Trinajstić information content (AvgIpc) is 3.52. The van der Waals surface area contributed by atoms with Crippen LogP contribution in [0.5, 0.6) is 0 Å². The molecule has 2 heterocycles. The summed E-state index contributed by atoms with van der Waals surface area (Å²) in [5.74, 6) is -0.156. The van der Waals surface area contributed by atoms with Gasteiger partial charge < -0.3 is 4.90 Å². The highest BCUT2D eigenvalue weighted by Crippen LogP contribution is 2.24. The van der Waals surface area contributed by atoms with Crippen molar-refractivity contribution >= 4 is 27.3 Å². The van der Waals surface area contributed by atoms with Crippen molar-refractivity contribution in [1.29, 1.82) is 0 Å². The van der Waals surface area contributed by atoms with E-state index >= 15 is 0 Å². The van der Waals surface area contributed by atoms with E-state index in [1.165, 1.54) is 15.2 Å². The standard InChI is InChI=1S/C25H28N2O3S2/c1-20(17-23-12-8-16-31-23)27(19-21-9-3-2-4-10-21)25(28)22-11-7-13-24(18-22)32(29,30)26-14-5-6-15-26/h2-4,7-13,16,18,20H,5-6,14-15,17,19H2,1H3/t20-/m1/s1. The molecule has 1 amide bonds. The van der Waals surface area contributed by atoms with Crippen LogP contribution in [0.2, 0.25) is 0 Å². The first-order chi connectivity index (χ1) is 15.4. The predicted molar refractivity (Wildman–Crippen MR) is 128 cm³/mol. The van der Waals surface area contributed by atoms with Gasteiger partial charge in [0, 0.05) is 42.5 Å². The van der Waals surface area contributed by atoms with E-state index in [0.717, 1.165) is 24.8 Å². The summed E-state index contributed by atoms with van der Waals surface area (Å²) in [5, 5.41) is 2.04. The first-order valence-corrected chi connectivity index (χ1v) is 13.2. The summed E-state index contributed by atoms with van der Waals surface area (Å²) >= 11 is 1.68. The van der Waals surface area contributed by atoms with Crippen LogP contribution in [0.1, 0.15) is 40.6 Å². The van der Waals surface area contributed by atoms with Gasteiger partial charge in [-0.1, -0.05) is 42.5 Å². The van der Waals surface area contributed by atoms with Gasteiger partial charge in [-0.3, -0.25) is 4.79 Å². The van der Waals surface area contributed by atoms with Crippen LogP contribution in [0.3, 0.4) is 0 Å². The van der Waals surface area contributed by atoms with Gasteiger partial charge in [-0.2, -0.15) is 4.31 Å². The molecule has 0 bridgehead atoms. The highest BCUT2D eigenvalue weighted by molar-refractivity contribution is 7.89. The van der Waals surface area contributed by atoms with E-state index in [2.05, 4.69) is 6.07 Å². The number of thiophene rings is 1.